The molecule has 2 aliphatic carbocycles. The van der Waals surface area contributed by atoms with Gasteiger partial charge in [0, 0.05) is 5.56 Å². The molecule has 0 spiro atoms. The monoisotopic (exact) mass is 643 g/mol. The van der Waals surface area contributed by atoms with Gasteiger partial charge in [-0.2, -0.15) is 0 Å². The lowest BCUT2D eigenvalue weighted by molar-refractivity contribution is -0.136. The van der Waals surface area contributed by atoms with Gasteiger partial charge in [-0.3, -0.25) is 9.36 Å². The van der Waals surface area contributed by atoms with E-state index >= 15 is 0 Å². The molecule has 0 heterocycles. The zero-order valence-corrected chi connectivity index (χ0v) is 28.5. The highest BCUT2D eigenvalue weighted by atomic mass is 32.1. The molecule has 9 nitrogen and oxygen atoms in total. The SMILES string of the molecule is CCOP(=O)(OCC)C(NC(=S)NC(=O)[C@]1(C)CCC[C@]2(C)c3ccc(C(C)C)cc3/C(=N\O)C[C@@H]12)c1ccc(OC)cc1. The Morgan fingerprint density at radius 2 is 1.73 bits per heavy atom. The molecule has 2 aromatic rings. The number of methoxy groups -OCH3 is 1. The molecule has 4 atom stereocenters. The predicted octanol–water partition coefficient (Wildman–Crippen LogP) is 7.42. The van der Waals surface area contributed by atoms with Gasteiger partial charge in [-0.1, -0.05) is 63.5 Å². The average Bonchev–Trinajstić information content (AvgIpc) is 2.99. The van der Waals surface area contributed by atoms with E-state index in [0.717, 1.165) is 24.0 Å². The van der Waals surface area contributed by atoms with Crippen LogP contribution < -0.4 is 15.4 Å². The van der Waals surface area contributed by atoms with Crippen LogP contribution in [0.4, 0.5) is 0 Å². The van der Waals surface area contributed by atoms with Crippen LogP contribution in [0.3, 0.4) is 0 Å². The van der Waals surface area contributed by atoms with Crippen molar-refractivity contribution in [3.8, 4) is 5.75 Å². The van der Waals surface area contributed by atoms with Crippen LogP contribution in [0.1, 0.15) is 101 Å². The Balaban J connectivity index is 1.63. The van der Waals surface area contributed by atoms with Crippen molar-refractivity contribution < 1.29 is 28.4 Å². The molecule has 11 heteroatoms. The minimum Gasteiger partial charge on any atom is -0.497 e. The minimum absolute atomic E-state index is 0.0257. The van der Waals surface area contributed by atoms with Crippen molar-refractivity contribution in [3.05, 3.63) is 64.7 Å². The lowest BCUT2D eigenvalue weighted by atomic mass is 9.49. The van der Waals surface area contributed by atoms with Gasteiger partial charge in [0.05, 0.1) is 31.5 Å². The number of nitrogens with one attached hydrogen (secondary N) is 2. The highest BCUT2D eigenvalue weighted by molar-refractivity contribution is 7.80. The fourth-order valence-corrected chi connectivity index (χ4v) is 9.27. The number of hydrogen-bond donors (Lipinski definition) is 3. The molecule has 1 amide bonds. The topological polar surface area (TPSA) is 118 Å². The Kier molecular flexibility index (Phi) is 10.6. The molecule has 0 bridgehead atoms. The maximum Gasteiger partial charge on any atom is 0.357 e. The van der Waals surface area contributed by atoms with E-state index in [2.05, 4.69) is 54.8 Å². The zero-order valence-electron chi connectivity index (χ0n) is 26.8. The summed E-state index contributed by atoms with van der Waals surface area (Å²) >= 11 is 5.67. The van der Waals surface area contributed by atoms with Crippen molar-refractivity contribution in [2.75, 3.05) is 20.3 Å². The molecule has 0 saturated heterocycles. The Morgan fingerprint density at radius 1 is 1.09 bits per heavy atom. The van der Waals surface area contributed by atoms with Gasteiger partial charge in [0.1, 0.15) is 5.75 Å². The van der Waals surface area contributed by atoms with Gasteiger partial charge in [-0.25, -0.2) is 0 Å². The largest absolute Gasteiger partial charge is 0.497 e. The first-order valence-corrected chi connectivity index (χ1v) is 17.4. The standard InChI is InChI=1S/C33H46N3O6PS/c1-8-41-43(39,42-9-2)29(22-11-14-24(40-7)15-12-22)34-31(44)35-30(37)33(6)18-10-17-32(5)26-16-13-23(21(3)4)19-25(26)27(36-38)20-28(32)33/h11-16,19,21,28-29,38H,8-10,17-18,20H2,1-7H3,(H2,34,35,37,44)/b36-27-/t28-,29?,32-,33-/m1/s1. The molecule has 0 aromatic heterocycles. The highest BCUT2D eigenvalue weighted by Gasteiger charge is 2.56. The van der Waals surface area contributed by atoms with Gasteiger partial charge in [0.2, 0.25) is 5.91 Å². The van der Waals surface area contributed by atoms with Crippen LogP contribution in [0.25, 0.3) is 0 Å². The molecule has 240 valence electrons. The average molecular weight is 644 g/mol. The molecule has 2 aromatic carbocycles. The summed E-state index contributed by atoms with van der Waals surface area (Å²) in [6.45, 7) is 12.3. The first-order valence-electron chi connectivity index (χ1n) is 15.4. The number of hydrogen-bond acceptors (Lipinski definition) is 8. The number of oxime groups is 1. The van der Waals surface area contributed by atoms with Gasteiger partial charge in [-0.15, -0.1) is 0 Å². The highest BCUT2D eigenvalue weighted by Crippen LogP contribution is 2.60. The molecule has 1 fully saturated rings. The summed E-state index contributed by atoms with van der Waals surface area (Å²) in [5.74, 6) is -0.356. The summed E-state index contributed by atoms with van der Waals surface area (Å²) in [5, 5.41) is 19.9. The van der Waals surface area contributed by atoms with E-state index < -0.39 is 18.8 Å². The first-order chi connectivity index (χ1) is 20.9. The van der Waals surface area contributed by atoms with Crippen molar-refractivity contribution in [2.24, 2.45) is 16.5 Å². The van der Waals surface area contributed by atoms with Gasteiger partial charge in [-0.05, 0) is 97.5 Å². The Hall–Kier alpha value is -2.78. The summed E-state index contributed by atoms with van der Waals surface area (Å²) < 4.78 is 30.6. The predicted molar refractivity (Wildman–Crippen MR) is 177 cm³/mol. The quantitative estimate of drug-likeness (QED) is 0.106. The van der Waals surface area contributed by atoms with Gasteiger partial charge < -0.3 is 29.6 Å². The minimum atomic E-state index is -3.75. The smallest absolute Gasteiger partial charge is 0.357 e. The van der Waals surface area contributed by atoms with Crippen LogP contribution >= 0.6 is 19.8 Å². The summed E-state index contributed by atoms with van der Waals surface area (Å²) in [5.41, 5.74) is 3.34. The Bertz CT molecular complexity index is 1440. The molecule has 3 N–H and O–H groups in total. The van der Waals surface area contributed by atoms with Crippen molar-refractivity contribution in [2.45, 2.75) is 84.3 Å². The van der Waals surface area contributed by atoms with E-state index in [1.54, 1.807) is 45.2 Å². The van der Waals surface area contributed by atoms with Crippen molar-refractivity contribution in [1.82, 2.24) is 10.6 Å². The Labute approximate surface area is 266 Å². The van der Waals surface area contributed by atoms with Crippen molar-refractivity contribution in [1.29, 1.82) is 0 Å². The second kappa shape index (κ2) is 13.7. The third-order valence-corrected chi connectivity index (χ3v) is 12.0. The summed E-state index contributed by atoms with van der Waals surface area (Å²) in [7, 11) is -2.18. The summed E-state index contributed by atoms with van der Waals surface area (Å²) in [6.07, 6.45) is 2.88. The van der Waals surface area contributed by atoms with Crippen LogP contribution in [0, 0.1) is 11.3 Å². The third-order valence-electron chi connectivity index (χ3n) is 9.46. The number of nitrogens with zero attached hydrogens (tertiary/aromatic N) is 1. The maximum atomic E-state index is 14.2. The molecule has 1 saturated carbocycles. The number of amides is 1. The van der Waals surface area contributed by atoms with Crippen LogP contribution in [0.2, 0.25) is 0 Å². The van der Waals surface area contributed by atoms with E-state index in [4.69, 9.17) is 26.0 Å². The number of ether oxygens (including phenoxy) is 1. The van der Waals surface area contributed by atoms with Crippen molar-refractivity contribution in [3.63, 3.8) is 0 Å². The molecule has 0 aliphatic heterocycles. The second-order valence-corrected chi connectivity index (χ2v) is 15.0. The number of carbonyl (C=O) groups excluding carboxylic acids is 1. The van der Waals surface area contributed by atoms with E-state index in [9.17, 15) is 14.6 Å². The maximum absolute atomic E-state index is 14.2. The number of rotatable bonds is 10. The van der Waals surface area contributed by atoms with Crippen LogP contribution in [0.5, 0.6) is 5.75 Å². The fourth-order valence-electron chi connectivity index (χ4n) is 7.06. The van der Waals surface area contributed by atoms with Gasteiger partial charge in [0.25, 0.3) is 0 Å². The Morgan fingerprint density at radius 3 is 2.30 bits per heavy atom. The van der Waals surface area contributed by atoms with E-state index in [-0.39, 0.29) is 35.6 Å². The van der Waals surface area contributed by atoms with E-state index in [1.165, 1.54) is 5.56 Å². The van der Waals surface area contributed by atoms with Crippen molar-refractivity contribution >= 4 is 36.5 Å². The fraction of sp³-hybridized carbons (Fsp3) is 0.545. The number of fused-ring (bicyclic) bond motifs is 3. The summed E-state index contributed by atoms with van der Waals surface area (Å²) in [4.78, 5) is 14.2. The van der Waals surface area contributed by atoms with Crippen LogP contribution in [-0.4, -0.2) is 42.3 Å². The number of carbonyl (C=O) groups is 1. The molecule has 44 heavy (non-hydrogen) atoms. The molecular weight excluding hydrogens is 597 g/mol. The normalized spacial score (nSPS) is 24.7. The molecule has 4 rings (SSSR count). The molecule has 1 unspecified atom stereocenters. The van der Waals surface area contributed by atoms with Gasteiger partial charge in [0.15, 0.2) is 10.9 Å². The zero-order chi connectivity index (χ0) is 32.3. The second-order valence-electron chi connectivity index (χ2n) is 12.4. The van der Waals surface area contributed by atoms with Crippen LogP contribution in [-0.2, 0) is 23.8 Å². The summed E-state index contributed by atoms with van der Waals surface area (Å²) in [6, 6.07) is 13.5. The van der Waals surface area contributed by atoms with Gasteiger partial charge >= 0.3 is 7.60 Å². The van der Waals surface area contributed by atoms with E-state index in [1.807, 2.05) is 6.92 Å². The molecule has 2 aliphatic rings. The first kappa shape index (κ1) is 34.1. The molecular formula is C33H46N3O6PS. The number of thiocarbonyl (C=S) groups is 1. The number of benzene rings is 2. The van der Waals surface area contributed by atoms with Crippen LogP contribution in [0.15, 0.2) is 47.6 Å². The molecule has 0 radical (unpaired) electrons. The third kappa shape index (κ3) is 6.45. The lowest BCUT2D eigenvalue weighted by Crippen LogP contribution is -2.58. The lowest BCUT2D eigenvalue weighted by Gasteiger charge is -2.54. The van der Waals surface area contributed by atoms with E-state index in [0.29, 0.717) is 35.8 Å².